The molecule has 25 heavy (non-hydrogen) atoms. The van der Waals surface area contributed by atoms with E-state index >= 15 is 0 Å². The number of nitrogens with one attached hydrogen (secondary N) is 1. The molecule has 0 aliphatic rings. The Morgan fingerprint density at radius 2 is 1.64 bits per heavy atom. The third kappa shape index (κ3) is 5.95. The van der Waals surface area contributed by atoms with Crippen molar-refractivity contribution < 1.29 is 4.79 Å². The van der Waals surface area contributed by atoms with Gasteiger partial charge in [0.15, 0.2) is 0 Å². The summed E-state index contributed by atoms with van der Waals surface area (Å²) < 4.78 is 0. The van der Waals surface area contributed by atoms with Crippen LogP contribution in [-0.4, -0.2) is 18.2 Å². The number of hydrogen-bond donors (Lipinski definition) is 1. The van der Waals surface area contributed by atoms with Crippen molar-refractivity contribution in [3.63, 3.8) is 0 Å². The van der Waals surface area contributed by atoms with Gasteiger partial charge in [-0.15, -0.1) is 0 Å². The lowest BCUT2D eigenvalue weighted by molar-refractivity contribution is 0.0956. The van der Waals surface area contributed by atoms with Gasteiger partial charge in [-0.25, -0.2) is 0 Å². The van der Waals surface area contributed by atoms with Gasteiger partial charge in [0.25, 0.3) is 5.91 Å². The summed E-state index contributed by atoms with van der Waals surface area (Å²) >= 11 is 14.0. The fourth-order valence-electron chi connectivity index (χ4n) is 2.30. The fraction of sp³-hybridized carbons (Fsp3) is 0.350. The Labute approximate surface area is 164 Å². The molecule has 2 rings (SSSR count). The van der Waals surface area contributed by atoms with Crippen LogP contribution in [0.5, 0.6) is 0 Å². The predicted molar refractivity (Wildman–Crippen MR) is 110 cm³/mol. The predicted octanol–water partition coefficient (Wildman–Crippen LogP) is 5.95. The van der Waals surface area contributed by atoms with E-state index in [1.165, 1.54) is 5.56 Å². The smallest absolute Gasteiger partial charge is 0.251 e. The summed E-state index contributed by atoms with van der Waals surface area (Å²) in [4.78, 5) is 12.2. The van der Waals surface area contributed by atoms with Gasteiger partial charge < -0.3 is 5.32 Å². The standard InChI is InChI=1S/C20H23Cl2NOS/c1-20(2,3)15-9-7-14(8-10-15)19(24)23-11-12-25-13-16-17(21)5-4-6-18(16)22/h4-10H,11-13H2,1-3H3,(H,23,24). The van der Waals surface area contributed by atoms with E-state index in [2.05, 4.69) is 26.1 Å². The van der Waals surface area contributed by atoms with Crippen LogP contribution in [-0.2, 0) is 11.2 Å². The van der Waals surface area contributed by atoms with Gasteiger partial charge in [0, 0.05) is 33.7 Å². The molecule has 0 radical (unpaired) electrons. The van der Waals surface area contributed by atoms with Gasteiger partial charge in [-0.3, -0.25) is 4.79 Å². The second kappa shape index (κ2) is 8.98. The van der Waals surface area contributed by atoms with Gasteiger partial charge in [-0.1, -0.05) is 62.2 Å². The van der Waals surface area contributed by atoms with E-state index in [1.807, 2.05) is 42.5 Å². The van der Waals surface area contributed by atoms with Crippen molar-refractivity contribution in [2.75, 3.05) is 12.3 Å². The molecular formula is C20H23Cl2NOS. The summed E-state index contributed by atoms with van der Waals surface area (Å²) in [5.74, 6) is 1.49. The van der Waals surface area contributed by atoms with Gasteiger partial charge in [0.05, 0.1) is 0 Å². The number of thioether (sulfide) groups is 1. The Morgan fingerprint density at radius 1 is 1.04 bits per heavy atom. The second-order valence-corrected chi connectivity index (χ2v) is 8.76. The van der Waals surface area contributed by atoms with Crippen LogP contribution in [0.3, 0.4) is 0 Å². The Bertz CT molecular complexity index is 703. The van der Waals surface area contributed by atoms with Crippen LogP contribution in [0.25, 0.3) is 0 Å². The van der Waals surface area contributed by atoms with Crippen LogP contribution < -0.4 is 5.32 Å². The monoisotopic (exact) mass is 395 g/mol. The maximum absolute atomic E-state index is 12.2. The van der Waals surface area contributed by atoms with Gasteiger partial charge >= 0.3 is 0 Å². The molecule has 134 valence electrons. The van der Waals surface area contributed by atoms with E-state index in [0.717, 1.165) is 17.1 Å². The first kappa shape index (κ1) is 20.2. The van der Waals surface area contributed by atoms with Crippen molar-refractivity contribution >= 4 is 40.9 Å². The molecule has 0 bridgehead atoms. The Kier molecular flexibility index (Phi) is 7.24. The third-order valence-corrected chi connectivity index (χ3v) is 5.55. The molecule has 1 N–H and O–H groups in total. The molecule has 0 atom stereocenters. The highest BCUT2D eigenvalue weighted by atomic mass is 35.5. The zero-order valence-electron chi connectivity index (χ0n) is 14.7. The van der Waals surface area contributed by atoms with Gasteiger partial charge in [0.1, 0.15) is 0 Å². The lowest BCUT2D eigenvalue weighted by Crippen LogP contribution is -2.25. The second-order valence-electron chi connectivity index (χ2n) is 6.84. The van der Waals surface area contributed by atoms with Gasteiger partial charge in [-0.2, -0.15) is 11.8 Å². The lowest BCUT2D eigenvalue weighted by atomic mass is 9.87. The normalized spacial score (nSPS) is 11.4. The summed E-state index contributed by atoms with van der Waals surface area (Å²) in [6.45, 7) is 7.08. The summed E-state index contributed by atoms with van der Waals surface area (Å²) in [6.07, 6.45) is 0. The highest BCUT2D eigenvalue weighted by Crippen LogP contribution is 2.28. The van der Waals surface area contributed by atoms with Crippen LogP contribution in [0.4, 0.5) is 0 Å². The number of benzene rings is 2. The number of rotatable bonds is 6. The van der Waals surface area contributed by atoms with Crippen molar-refractivity contribution in [2.24, 2.45) is 0 Å². The average molecular weight is 396 g/mol. The van der Waals surface area contributed by atoms with Crippen molar-refractivity contribution in [1.29, 1.82) is 0 Å². The topological polar surface area (TPSA) is 29.1 Å². The SMILES string of the molecule is CC(C)(C)c1ccc(C(=O)NCCSCc2c(Cl)cccc2Cl)cc1. The number of amides is 1. The largest absolute Gasteiger partial charge is 0.351 e. The minimum absolute atomic E-state index is 0.0446. The van der Waals surface area contributed by atoms with E-state index in [4.69, 9.17) is 23.2 Å². The first-order chi connectivity index (χ1) is 11.8. The van der Waals surface area contributed by atoms with E-state index < -0.39 is 0 Å². The molecular weight excluding hydrogens is 373 g/mol. The molecule has 1 amide bonds. The van der Waals surface area contributed by atoms with Crippen LogP contribution in [0, 0.1) is 0 Å². The molecule has 2 aromatic carbocycles. The van der Waals surface area contributed by atoms with Crippen molar-refractivity contribution in [1.82, 2.24) is 5.32 Å². The van der Waals surface area contributed by atoms with Gasteiger partial charge in [0.2, 0.25) is 0 Å². The third-order valence-electron chi connectivity index (χ3n) is 3.85. The van der Waals surface area contributed by atoms with Crippen LogP contribution >= 0.6 is 35.0 Å². The maximum Gasteiger partial charge on any atom is 0.251 e. The first-order valence-corrected chi connectivity index (χ1v) is 10.1. The Balaban J connectivity index is 1.77. The summed E-state index contributed by atoms with van der Waals surface area (Å²) in [5, 5.41) is 4.31. The molecule has 5 heteroatoms. The zero-order valence-corrected chi connectivity index (χ0v) is 17.1. The molecule has 0 aromatic heterocycles. The van der Waals surface area contributed by atoms with E-state index in [1.54, 1.807) is 11.8 Å². The molecule has 0 spiro atoms. The number of hydrogen-bond acceptors (Lipinski definition) is 2. The quantitative estimate of drug-likeness (QED) is 0.611. The minimum Gasteiger partial charge on any atom is -0.351 e. The lowest BCUT2D eigenvalue weighted by Gasteiger charge is -2.19. The molecule has 0 unspecified atom stereocenters. The maximum atomic E-state index is 12.2. The molecule has 2 nitrogen and oxygen atoms in total. The van der Waals surface area contributed by atoms with Crippen LogP contribution in [0.2, 0.25) is 10.0 Å². The number of halogens is 2. The molecule has 2 aromatic rings. The summed E-state index contributed by atoms with van der Waals surface area (Å²) in [6, 6.07) is 13.3. The molecule has 0 saturated heterocycles. The molecule has 0 fully saturated rings. The van der Waals surface area contributed by atoms with E-state index in [-0.39, 0.29) is 11.3 Å². The Hall–Kier alpha value is -1.16. The van der Waals surface area contributed by atoms with Crippen molar-refractivity contribution in [3.8, 4) is 0 Å². The highest BCUT2D eigenvalue weighted by molar-refractivity contribution is 7.98. The first-order valence-electron chi connectivity index (χ1n) is 8.18. The summed E-state index contributed by atoms with van der Waals surface area (Å²) in [5.41, 5.74) is 2.94. The van der Waals surface area contributed by atoms with Crippen LogP contribution in [0.1, 0.15) is 42.3 Å². The fourth-order valence-corrected chi connectivity index (χ4v) is 3.90. The Morgan fingerprint density at radius 3 is 2.20 bits per heavy atom. The average Bonchev–Trinajstić information content (AvgIpc) is 2.56. The molecule has 0 heterocycles. The molecule has 0 aliphatic heterocycles. The highest BCUT2D eigenvalue weighted by Gasteiger charge is 2.14. The summed E-state index contributed by atoms with van der Waals surface area (Å²) in [7, 11) is 0. The van der Waals surface area contributed by atoms with Gasteiger partial charge in [-0.05, 0) is 40.8 Å². The van der Waals surface area contributed by atoms with Crippen molar-refractivity contribution in [2.45, 2.75) is 31.9 Å². The number of carbonyl (C=O) groups is 1. The van der Waals surface area contributed by atoms with E-state index in [9.17, 15) is 4.79 Å². The minimum atomic E-state index is -0.0446. The van der Waals surface area contributed by atoms with Crippen LogP contribution in [0.15, 0.2) is 42.5 Å². The van der Waals surface area contributed by atoms with E-state index in [0.29, 0.717) is 22.2 Å². The number of carbonyl (C=O) groups excluding carboxylic acids is 1. The zero-order chi connectivity index (χ0) is 18.4. The van der Waals surface area contributed by atoms with Crippen molar-refractivity contribution in [3.05, 3.63) is 69.2 Å². The molecule has 0 saturated carbocycles. The molecule has 0 aliphatic carbocycles.